The summed E-state index contributed by atoms with van der Waals surface area (Å²) in [7, 11) is 0. The molecule has 0 amide bonds. The van der Waals surface area contributed by atoms with Gasteiger partial charge in [-0.05, 0) is 51.3 Å². The lowest BCUT2D eigenvalue weighted by Gasteiger charge is -2.27. The molecule has 0 aliphatic heterocycles. The Labute approximate surface area is 198 Å². The molecule has 2 aromatic carbocycles. The molecule has 1 aromatic heterocycles. The molecule has 0 bridgehead atoms. The average molecular weight is 526 g/mol. The lowest BCUT2D eigenvalue weighted by Crippen LogP contribution is -2.19. The molecule has 0 atom stereocenters. The molecular weight excluding hydrogens is 507 g/mol. The van der Waals surface area contributed by atoms with Crippen LogP contribution in [0.25, 0.3) is 0 Å². The Bertz CT molecular complexity index is 1060. The van der Waals surface area contributed by atoms with E-state index in [0.29, 0.717) is 28.8 Å². The fraction of sp³-hybridized carbons (Fsp3) is 0.273. The van der Waals surface area contributed by atoms with Gasteiger partial charge in [0.15, 0.2) is 5.75 Å². The highest BCUT2D eigenvalue weighted by atomic mass is 79.9. The normalized spacial score (nSPS) is 11.2. The lowest BCUT2D eigenvalue weighted by molar-refractivity contribution is 0.305. The second-order valence-corrected chi connectivity index (χ2v) is 10.3. The number of nitrogens with zero attached hydrogens (tertiary/aromatic N) is 2. The van der Waals surface area contributed by atoms with Crippen molar-refractivity contribution in [1.29, 1.82) is 5.26 Å². The molecule has 0 aliphatic rings. The second kappa shape index (κ2) is 10.0. The standard InChI is InChI=1S/C22H19BrCl2N2O2S/c1-22(2,16-9-14(11-26)21(18(25)10-16)28-8-7-24)15-3-5-17(6-4-15)29-13-20-27-12-19(23)30-20/h3-6,9-10,12H,7-8,13H2,1-2H3. The molecule has 0 aliphatic carbocycles. The van der Waals surface area contributed by atoms with Gasteiger partial charge in [-0.1, -0.05) is 37.6 Å². The minimum atomic E-state index is -0.376. The first-order valence-corrected chi connectivity index (χ1v) is 11.6. The van der Waals surface area contributed by atoms with Crippen molar-refractivity contribution in [2.45, 2.75) is 25.9 Å². The molecule has 0 saturated carbocycles. The highest BCUT2D eigenvalue weighted by molar-refractivity contribution is 9.11. The zero-order chi connectivity index (χ0) is 21.7. The van der Waals surface area contributed by atoms with Gasteiger partial charge in [0, 0.05) is 5.41 Å². The van der Waals surface area contributed by atoms with E-state index in [1.54, 1.807) is 17.5 Å². The molecule has 3 rings (SSSR count). The van der Waals surface area contributed by atoms with E-state index in [-0.39, 0.29) is 12.0 Å². The Hall–Kier alpha value is -1.78. The molecule has 0 radical (unpaired) electrons. The number of rotatable bonds is 8. The third-order valence-electron chi connectivity index (χ3n) is 4.67. The summed E-state index contributed by atoms with van der Waals surface area (Å²) in [5.74, 6) is 1.46. The SMILES string of the molecule is CC(C)(c1ccc(OCc2ncc(Br)s2)cc1)c1cc(Cl)c(OCCCl)c(C#N)c1. The topological polar surface area (TPSA) is 55.1 Å². The van der Waals surface area contributed by atoms with E-state index in [1.165, 1.54) is 0 Å². The van der Waals surface area contributed by atoms with Gasteiger partial charge in [-0.15, -0.1) is 22.9 Å². The Morgan fingerprint density at radius 2 is 1.90 bits per heavy atom. The fourth-order valence-electron chi connectivity index (χ4n) is 2.96. The first kappa shape index (κ1) is 22.9. The van der Waals surface area contributed by atoms with E-state index in [4.69, 9.17) is 32.7 Å². The van der Waals surface area contributed by atoms with Gasteiger partial charge in [0.1, 0.15) is 30.0 Å². The Morgan fingerprint density at radius 1 is 1.17 bits per heavy atom. The molecule has 1 heterocycles. The quantitative estimate of drug-likeness (QED) is 0.298. The van der Waals surface area contributed by atoms with Crippen LogP contribution in [0.15, 0.2) is 46.4 Å². The van der Waals surface area contributed by atoms with Gasteiger partial charge < -0.3 is 9.47 Å². The van der Waals surface area contributed by atoms with Crippen LogP contribution in [0.1, 0.15) is 35.5 Å². The highest BCUT2D eigenvalue weighted by Gasteiger charge is 2.26. The number of nitriles is 1. The van der Waals surface area contributed by atoms with Crippen molar-refractivity contribution in [3.05, 3.63) is 73.1 Å². The van der Waals surface area contributed by atoms with Crippen molar-refractivity contribution in [1.82, 2.24) is 4.98 Å². The van der Waals surface area contributed by atoms with Crippen LogP contribution in [0, 0.1) is 11.3 Å². The molecule has 156 valence electrons. The molecule has 0 fully saturated rings. The van der Waals surface area contributed by atoms with Crippen LogP contribution in [0.3, 0.4) is 0 Å². The number of alkyl halides is 1. The van der Waals surface area contributed by atoms with E-state index in [1.807, 2.05) is 36.4 Å². The minimum absolute atomic E-state index is 0.290. The van der Waals surface area contributed by atoms with E-state index in [9.17, 15) is 5.26 Å². The Kier molecular flexibility index (Phi) is 7.65. The maximum atomic E-state index is 9.55. The summed E-state index contributed by atoms with van der Waals surface area (Å²) in [6.07, 6.45) is 1.77. The molecule has 0 spiro atoms. The zero-order valence-electron chi connectivity index (χ0n) is 16.4. The maximum absolute atomic E-state index is 9.55. The number of benzene rings is 2. The van der Waals surface area contributed by atoms with Crippen LogP contribution in [0.4, 0.5) is 0 Å². The summed E-state index contributed by atoms with van der Waals surface area (Å²) in [6, 6.07) is 13.7. The molecular formula is C22H19BrCl2N2O2S. The number of hydrogen-bond donors (Lipinski definition) is 0. The summed E-state index contributed by atoms with van der Waals surface area (Å²) in [4.78, 5) is 4.27. The van der Waals surface area contributed by atoms with Gasteiger partial charge >= 0.3 is 0 Å². The summed E-state index contributed by atoms with van der Waals surface area (Å²) in [6.45, 7) is 4.88. The van der Waals surface area contributed by atoms with E-state index in [2.05, 4.69) is 40.8 Å². The average Bonchev–Trinajstić information content (AvgIpc) is 3.16. The van der Waals surface area contributed by atoms with E-state index < -0.39 is 0 Å². The number of thiazole rings is 1. The van der Waals surface area contributed by atoms with Crippen molar-refractivity contribution in [3.8, 4) is 17.6 Å². The van der Waals surface area contributed by atoms with Crippen molar-refractivity contribution < 1.29 is 9.47 Å². The molecule has 3 aromatic rings. The van der Waals surface area contributed by atoms with E-state index in [0.717, 1.165) is 25.7 Å². The van der Waals surface area contributed by atoms with Crippen molar-refractivity contribution in [2.24, 2.45) is 0 Å². The third kappa shape index (κ3) is 5.28. The first-order chi connectivity index (χ1) is 14.3. The van der Waals surface area contributed by atoms with Crippen LogP contribution >= 0.6 is 50.5 Å². The Morgan fingerprint density at radius 3 is 2.50 bits per heavy atom. The molecule has 4 nitrogen and oxygen atoms in total. The number of ether oxygens (including phenoxy) is 2. The van der Waals surface area contributed by atoms with Gasteiger partial charge in [-0.25, -0.2) is 4.98 Å². The summed E-state index contributed by atoms with van der Waals surface area (Å²) < 4.78 is 12.4. The monoisotopic (exact) mass is 524 g/mol. The third-order valence-corrected chi connectivity index (χ3v) is 6.56. The number of halogens is 3. The van der Waals surface area contributed by atoms with Crippen LogP contribution in [0.2, 0.25) is 5.02 Å². The number of hydrogen-bond acceptors (Lipinski definition) is 5. The molecule has 8 heteroatoms. The minimum Gasteiger partial charge on any atom is -0.489 e. The maximum Gasteiger partial charge on any atom is 0.155 e. The van der Waals surface area contributed by atoms with Gasteiger partial charge in [0.2, 0.25) is 0 Å². The van der Waals surface area contributed by atoms with Crippen molar-refractivity contribution in [2.75, 3.05) is 12.5 Å². The van der Waals surface area contributed by atoms with Crippen molar-refractivity contribution >= 4 is 50.5 Å². The van der Waals surface area contributed by atoms with Crippen LogP contribution < -0.4 is 9.47 Å². The van der Waals surface area contributed by atoms with Gasteiger partial charge in [0.05, 0.1) is 26.4 Å². The zero-order valence-corrected chi connectivity index (χ0v) is 20.3. The lowest BCUT2D eigenvalue weighted by atomic mass is 9.77. The molecule has 30 heavy (non-hydrogen) atoms. The van der Waals surface area contributed by atoms with Crippen LogP contribution in [0.5, 0.6) is 11.5 Å². The predicted molar refractivity (Wildman–Crippen MR) is 125 cm³/mol. The summed E-state index contributed by atoms with van der Waals surface area (Å²) in [5.41, 5.74) is 2.01. The highest BCUT2D eigenvalue weighted by Crippen LogP contribution is 2.38. The predicted octanol–water partition coefficient (Wildman–Crippen LogP) is 6.95. The number of aromatic nitrogens is 1. The summed E-state index contributed by atoms with van der Waals surface area (Å²) >= 11 is 17.1. The van der Waals surface area contributed by atoms with Crippen molar-refractivity contribution in [3.63, 3.8) is 0 Å². The van der Waals surface area contributed by atoms with Gasteiger partial charge in [-0.3, -0.25) is 0 Å². The largest absolute Gasteiger partial charge is 0.489 e. The molecule has 0 unspecified atom stereocenters. The van der Waals surface area contributed by atoms with Crippen LogP contribution in [-0.2, 0) is 12.0 Å². The van der Waals surface area contributed by atoms with Gasteiger partial charge in [-0.2, -0.15) is 5.26 Å². The fourth-order valence-corrected chi connectivity index (χ4v) is 4.53. The van der Waals surface area contributed by atoms with Crippen LogP contribution in [-0.4, -0.2) is 17.5 Å². The molecule has 0 saturated heterocycles. The first-order valence-electron chi connectivity index (χ1n) is 9.11. The Balaban J connectivity index is 1.80. The molecule has 0 N–H and O–H groups in total. The van der Waals surface area contributed by atoms with E-state index >= 15 is 0 Å². The smallest absolute Gasteiger partial charge is 0.155 e. The van der Waals surface area contributed by atoms with Gasteiger partial charge in [0.25, 0.3) is 0 Å². The summed E-state index contributed by atoms with van der Waals surface area (Å²) in [5, 5.41) is 10.9. The second-order valence-electron chi connectivity index (χ2n) is 6.98.